The SMILES string of the molecule is CCCNC(Cc1ccc(F)c(Cl)c1)C(CC)(CC)OC. The predicted molar refractivity (Wildman–Crippen MR) is 87.5 cm³/mol. The second-order valence-corrected chi connectivity index (χ2v) is 5.84. The first-order valence-electron chi connectivity index (χ1n) is 7.75. The van der Waals surface area contributed by atoms with Crippen molar-refractivity contribution in [2.45, 2.75) is 58.1 Å². The van der Waals surface area contributed by atoms with E-state index in [4.69, 9.17) is 16.3 Å². The van der Waals surface area contributed by atoms with Crippen molar-refractivity contribution in [3.63, 3.8) is 0 Å². The molecule has 0 aromatic heterocycles. The summed E-state index contributed by atoms with van der Waals surface area (Å²) in [5, 5.41) is 3.76. The number of ether oxygens (including phenoxy) is 1. The van der Waals surface area contributed by atoms with Gasteiger partial charge >= 0.3 is 0 Å². The van der Waals surface area contributed by atoms with Gasteiger partial charge in [-0.15, -0.1) is 0 Å². The van der Waals surface area contributed by atoms with Crippen LogP contribution in [-0.2, 0) is 11.2 Å². The van der Waals surface area contributed by atoms with E-state index in [9.17, 15) is 4.39 Å². The number of hydrogen-bond acceptors (Lipinski definition) is 2. The fraction of sp³-hybridized carbons (Fsp3) is 0.647. The Kier molecular flexibility index (Phi) is 7.64. The molecule has 0 radical (unpaired) electrons. The van der Waals surface area contributed by atoms with Crippen molar-refractivity contribution in [2.24, 2.45) is 0 Å². The van der Waals surface area contributed by atoms with Crippen LogP contribution in [0.4, 0.5) is 4.39 Å². The van der Waals surface area contributed by atoms with Gasteiger partial charge in [0.2, 0.25) is 0 Å². The molecule has 1 unspecified atom stereocenters. The lowest BCUT2D eigenvalue weighted by Crippen LogP contribution is -2.53. The minimum Gasteiger partial charge on any atom is -0.377 e. The van der Waals surface area contributed by atoms with Gasteiger partial charge in [0, 0.05) is 13.2 Å². The Hall–Kier alpha value is -0.640. The molecule has 1 aromatic carbocycles. The van der Waals surface area contributed by atoms with Crippen molar-refractivity contribution in [2.75, 3.05) is 13.7 Å². The molecular formula is C17H27ClFNO. The van der Waals surface area contributed by atoms with E-state index in [1.807, 2.05) is 0 Å². The van der Waals surface area contributed by atoms with E-state index in [-0.39, 0.29) is 22.5 Å². The smallest absolute Gasteiger partial charge is 0.141 e. The summed E-state index contributed by atoms with van der Waals surface area (Å²) in [4.78, 5) is 0. The van der Waals surface area contributed by atoms with E-state index in [0.717, 1.165) is 37.8 Å². The van der Waals surface area contributed by atoms with Crippen LogP contribution in [0.25, 0.3) is 0 Å². The fourth-order valence-corrected chi connectivity index (χ4v) is 3.04. The summed E-state index contributed by atoms with van der Waals surface area (Å²) >= 11 is 5.89. The van der Waals surface area contributed by atoms with Crippen LogP contribution in [0.1, 0.15) is 45.6 Å². The molecule has 0 aliphatic carbocycles. The highest BCUT2D eigenvalue weighted by molar-refractivity contribution is 6.30. The van der Waals surface area contributed by atoms with Crippen LogP contribution in [0.15, 0.2) is 18.2 Å². The zero-order chi connectivity index (χ0) is 15.9. The number of rotatable bonds is 9. The molecule has 0 spiro atoms. The van der Waals surface area contributed by atoms with Gasteiger partial charge in [0.25, 0.3) is 0 Å². The molecule has 0 aliphatic rings. The molecular weight excluding hydrogens is 289 g/mol. The maximum absolute atomic E-state index is 13.3. The van der Waals surface area contributed by atoms with Crippen LogP contribution in [0.5, 0.6) is 0 Å². The second-order valence-electron chi connectivity index (χ2n) is 5.44. The topological polar surface area (TPSA) is 21.3 Å². The maximum Gasteiger partial charge on any atom is 0.141 e. The van der Waals surface area contributed by atoms with Crippen molar-refractivity contribution in [1.29, 1.82) is 0 Å². The lowest BCUT2D eigenvalue weighted by Gasteiger charge is -2.39. The standard InChI is InChI=1S/C17H27ClFNO/c1-5-10-20-16(17(6-2,7-3)21-4)12-13-8-9-15(19)14(18)11-13/h8-9,11,16,20H,5-7,10,12H2,1-4H3. The quantitative estimate of drug-likeness (QED) is 0.719. The van der Waals surface area contributed by atoms with Gasteiger partial charge in [0.05, 0.1) is 10.6 Å². The molecule has 0 saturated carbocycles. The predicted octanol–water partition coefficient (Wildman–Crippen LogP) is 4.60. The Balaban J connectivity index is 2.98. The van der Waals surface area contributed by atoms with Gasteiger partial charge < -0.3 is 10.1 Å². The first-order chi connectivity index (χ1) is 10.0. The zero-order valence-electron chi connectivity index (χ0n) is 13.5. The highest BCUT2D eigenvalue weighted by Gasteiger charge is 2.35. The highest BCUT2D eigenvalue weighted by atomic mass is 35.5. The first-order valence-corrected chi connectivity index (χ1v) is 8.13. The lowest BCUT2D eigenvalue weighted by molar-refractivity contribution is -0.0471. The van der Waals surface area contributed by atoms with Gasteiger partial charge in [-0.2, -0.15) is 0 Å². The maximum atomic E-state index is 13.3. The Labute approximate surface area is 133 Å². The van der Waals surface area contributed by atoms with Crippen molar-refractivity contribution < 1.29 is 9.13 Å². The molecule has 21 heavy (non-hydrogen) atoms. The molecule has 120 valence electrons. The Morgan fingerprint density at radius 3 is 2.43 bits per heavy atom. The third kappa shape index (κ3) is 4.67. The molecule has 0 aliphatic heterocycles. The summed E-state index contributed by atoms with van der Waals surface area (Å²) in [7, 11) is 1.77. The largest absolute Gasteiger partial charge is 0.377 e. The van der Waals surface area contributed by atoms with Crippen LogP contribution in [0.2, 0.25) is 5.02 Å². The molecule has 1 atom stereocenters. The number of halogens is 2. The number of methoxy groups -OCH3 is 1. The summed E-state index contributed by atoms with van der Waals surface area (Å²) < 4.78 is 19.2. The molecule has 1 aromatic rings. The van der Waals surface area contributed by atoms with Gasteiger partial charge in [0.15, 0.2) is 0 Å². The van der Waals surface area contributed by atoms with E-state index in [0.29, 0.717) is 0 Å². The molecule has 0 bridgehead atoms. The Morgan fingerprint density at radius 2 is 1.95 bits per heavy atom. The van der Waals surface area contributed by atoms with E-state index in [2.05, 4.69) is 26.1 Å². The van der Waals surface area contributed by atoms with Crippen molar-refractivity contribution in [1.82, 2.24) is 5.32 Å². The van der Waals surface area contributed by atoms with Crippen LogP contribution >= 0.6 is 11.6 Å². The molecule has 0 heterocycles. The van der Waals surface area contributed by atoms with Gasteiger partial charge in [-0.1, -0.05) is 38.4 Å². The van der Waals surface area contributed by atoms with E-state index in [1.165, 1.54) is 6.07 Å². The summed E-state index contributed by atoms with van der Waals surface area (Å²) in [5.41, 5.74) is 0.814. The minimum atomic E-state index is -0.373. The fourth-order valence-electron chi connectivity index (χ4n) is 2.84. The number of nitrogens with one attached hydrogen (secondary N) is 1. The van der Waals surface area contributed by atoms with Gasteiger partial charge in [0.1, 0.15) is 5.82 Å². The van der Waals surface area contributed by atoms with E-state index < -0.39 is 0 Å². The zero-order valence-corrected chi connectivity index (χ0v) is 14.3. The van der Waals surface area contributed by atoms with Crippen molar-refractivity contribution in [3.8, 4) is 0 Å². The average molecular weight is 316 g/mol. The summed E-state index contributed by atoms with van der Waals surface area (Å²) in [6.07, 6.45) is 3.69. The van der Waals surface area contributed by atoms with Crippen LogP contribution in [-0.4, -0.2) is 25.3 Å². The minimum absolute atomic E-state index is 0.178. The second kappa shape index (κ2) is 8.72. The van der Waals surface area contributed by atoms with Crippen LogP contribution in [0, 0.1) is 5.82 Å². The molecule has 1 rings (SSSR count). The molecule has 0 amide bonds. The highest BCUT2D eigenvalue weighted by Crippen LogP contribution is 2.27. The summed E-state index contributed by atoms with van der Waals surface area (Å²) in [6, 6.07) is 5.12. The van der Waals surface area contributed by atoms with E-state index in [1.54, 1.807) is 19.2 Å². The lowest BCUT2D eigenvalue weighted by atomic mass is 9.84. The number of benzene rings is 1. The first kappa shape index (κ1) is 18.4. The van der Waals surface area contributed by atoms with Crippen LogP contribution in [0.3, 0.4) is 0 Å². The molecule has 0 fully saturated rings. The summed E-state index contributed by atoms with van der Waals surface area (Å²) in [6.45, 7) is 7.37. The Bertz CT molecular complexity index is 427. The third-order valence-corrected chi connectivity index (χ3v) is 4.59. The van der Waals surface area contributed by atoms with Crippen LogP contribution < -0.4 is 5.32 Å². The molecule has 2 nitrogen and oxygen atoms in total. The van der Waals surface area contributed by atoms with E-state index >= 15 is 0 Å². The molecule has 0 saturated heterocycles. The molecule has 1 N–H and O–H groups in total. The molecule has 4 heteroatoms. The van der Waals surface area contributed by atoms with Crippen molar-refractivity contribution >= 4 is 11.6 Å². The van der Waals surface area contributed by atoms with Gasteiger partial charge in [-0.05, 0) is 49.9 Å². The van der Waals surface area contributed by atoms with Gasteiger partial charge in [-0.3, -0.25) is 0 Å². The van der Waals surface area contributed by atoms with Crippen molar-refractivity contribution in [3.05, 3.63) is 34.6 Å². The monoisotopic (exact) mass is 315 g/mol. The third-order valence-electron chi connectivity index (χ3n) is 4.30. The van der Waals surface area contributed by atoms with Gasteiger partial charge in [-0.25, -0.2) is 4.39 Å². The summed E-state index contributed by atoms with van der Waals surface area (Å²) in [5.74, 6) is -0.373. The number of hydrogen-bond donors (Lipinski definition) is 1. The Morgan fingerprint density at radius 1 is 1.29 bits per heavy atom. The normalized spacial score (nSPS) is 13.4. The average Bonchev–Trinajstić information content (AvgIpc) is 2.50.